The summed E-state index contributed by atoms with van der Waals surface area (Å²) in [6, 6.07) is 0. The van der Waals surface area contributed by atoms with E-state index in [9.17, 15) is 0 Å². The molecular weight excluding hydrogens is 176 g/mol. The first-order valence-electron chi connectivity index (χ1n) is 5.09. The van der Waals surface area contributed by atoms with E-state index in [1.54, 1.807) is 6.33 Å². The van der Waals surface area contributed by atoms with Crippen molar-refractivity contribution >= 4 is 0 Å². The van der Waals surface area contributed by atoms with Gasteiger partial charge in [0.2, 0.25) is 0 Å². The number of rotatable bonds is 7. The Morgan fingerprint density at radius 3 is 2.50 bits per heavy atom. The monoisotopic (exact) mass is 194 g/mol. The third-order valence-corrected chi connectivity index (χ3v) is 1.85. The van der Waals surface area contributed by atoms with E-state index < -0.39 is 0 Å². The molecule has 0 saturated carbocycles. The van der Waals surface area contributed by atoms with Crippen LogP contribution in [0.25, 0.3) is 0 Å². The largest absolute Gasteiger partial charge is 0.315 e. The molecule has 0 amide bonds. The maximum Gasteiger partial charge on any atom is 0.115 e. The van der Waals surface area contributed by atoms with E-state index >= 15 is 0 Å². The maximum atomic E-state index is 3.95. The van der Waals surface area contributed by atoms with E-state index in [0.717, 1.165) is 31.7 Å². The Morgan fingerprint density at radius 1 is 1.07 bits per heavy atom. The smallest absolute Gasteiger partial charge is 0.115 e. The summed E-state index contributed by atoms with van der Waals surface area (Å²) in [6.45, 7) is 6.10. The van der Waals surface area contributed by atoms with Gasteiger partial charge in [-0.15, -0.1) is 0 Å². The zero-order valence-electron chi connectivity index (χ0n) is 8.66. The van der Waals surface area contributed by atoms with Crippen molar-refractivity contribution in [3.63, 3.8) is 0 Å². The molecule has 0 radical (unpaired) electrons. The normalized spacial score (nSPS) is 10.4. The Balaban J connectivity index is 1.99. The van der Waals surface area contributed by atoms with E-state index in [-0.39, 0.29) is 0 Å². The van der Waals surface area contributed by atoms with Crippen LogP contribution in [-0.2, 0) is 6.54 Å². The minimum Gasteiger partial charge on any atom is -0.315 e. The molecule has 0 spiro atoms. The molecule has 2 N–H and O–H groups in total. The van der Waals surface area contributed by atoms with Gasteiger partial charge in [0.1, 0.15) is 6.33 Å². The lowest BCUT2D eigenvalue weighted by Gasteiger charge is -2.04. The summed E-state index contributed by atoms with van der Waals surface area (Å²) in [5.41, 5.74) is 1.13. The summed E-state index contributed by atoms with van der Waals surface area (Å²) in [5.74, 6) is 0. The lowest BCUT2D eigenvalue weighted by Crippen LogP contribution is -2.27. The van der Waals surface area contributed by atoms with Crippen LogP contribution in [0, 0.1) is 0 Å². The lowest BCUT2D eigenvalue weighted by molar-refractivity contribution is 0.605. The molecular formula is C10H18N4. The fraction of sp³-hybridized carbons (Fsp3) is 0.600. The molecule has 4 heteroatoms. The van der Waals surface area contributed by atoms with Gasteiger partial charge in [-0.25, -0.2) is 9.97 Å². The standard InChI is InChI=1S/C10H18N4/c1-2-3-11-4-5-12-6-10-7-13-9-14-8-10/h7-9,11-12H,2-6H2,1H3. The van der Waals surface area contributed by atoms with Crippen LogP contribution in [0.1, 0.15) is 18.9 Å². The summed E-state index contributed by atoms with van der Waals surface area (Å²) in [4.78, 5) is 7.89. The average molecular weight is 194 g/mol. The predicted octanol–water partition coefficient (Wildman–Crippen LogP) is 0.566. The fourth-order valence-electron chi connectivity index (χ4n) is 1.13. The van der Waals surface area contributed by atoms with Gasteiger partial charge in [-0.1, -0.05) is 6.92 Å². The highest BCUT2D eigenvalue weighted by Crippen LogP contribution is 1.90. The van der Waals surface area contributed by atoms with E-state index in [1.807, 2.05) is 12.4 Å². The highest BCUT2D eigenvalue weighted by Gasteiger charge is 1.91. The minimum absolute atomic E-state index is 0.842. The number of aromatic nitrogens is 2. The van der Waals surface area contributed by atoms with E-state index in [4.69, 9.17) is 0 Å². The van der Waals surface area contributed by atoms with Gasteiger partial charge < -0.3 is 10.6 Å². The molecule has 14 heavy (non-hydrogen) atoms. The van der Waals surface area contributed by atoms with Crippen molar-refractivity contribution in [3.05, 3.63) is 24.3 Å². The molecule has 0 unspecified atom stereocenters. The first-order valence-corrected chi connectivity index (χ1v) is 5.09. The van der Waals surface area contributed by atoms with Crippen LogP contribution in [-0.4, -0.2) is 29.6 Å². The maximum absolute atomic E-state index is 3.95. The summed E-state index contributed by atoms with van der Waals surface area (Å²) in [7, 11) is 0. The predicted molar refractivity (Wildman–Crippen MR) is 56.9 cm³/mol. The molecule has 0 aliphatic carbocycles. The van der Waals surface area contributed by atoms with Crippen LogP contribution in [0.2, 0.25) is 0 Å². The molecule has 0 atom stereocenters. The Kier molecular flexibility index (Phi) is 5.86. The highest BCUT2D eigenvalue weighted by molar-refractivity contribution is 5.01. The van der Waals surface area contributed by atoms with Gasteiger partial charge in [-0.3, -0.25) is 0 Å². The quantitative estimate of drug-likeness (QED) is 0.623. The van der Waals surface area contributed by atoms with Gasteiger partial charge >= 0.3 is 0 Å². The SMILES string of the molecule is CCCNCCNCc1cncnc1. The molecule has 78 valence electrons. The zero-order valence-corrected chi connectivity index (χ0v) is 8.66. The van der Waals surface area contributed by atoms with Crippen molar-refractivity contribution < 1.29 is 0 Å². The molecule has 0 fully saturated rings. The van der Waals surface area contributed by atoms with Gasteiger partial charge in [-0.2, -0.15) is 0 Å². The van der Waals surface area contributed by atoms with Crippen LogP contribution in [0.5, 0.6) is 0 Å². The van der Waals surface area contributed by atoms with Crippen molar-refractivity contribution in [2.75, 3.05) is 19.6 Å². The first kappa shape index (κ1) is 11.1. The molecule has 0 aliphatic heterocycles. The van der Waals surface area contributed by atoms with Gasteiger partial charge in [0.25, 0.3) is 0 Å². The topological polar surface area (TPSA) is 49.8 Å². The number of nitrogens with zero attached hydrogens (tertiary/aromatic N) is 2. The van der Waals surface area contributed by atoms with Gasteiger partial charge in [-0.05, 0) is 13.0 Å². The summed E-state index contributed by atoms with van der Waals surface area (Å²) < 4.78 is 0. The van der Waals surface area contributed by atoms with Crippen LogP contribution in [0.15, 0.2) is 18.7 Å². The van der Waals surface area contributed by atoms with Crippen LogP contribution in [0.3, 0.4) is 0 Å². The highest BCUT2D eigenvalue weighted by atomic mass is 14.9. The van der Waals surface area contributed by atoms with E-state index in [2.05, 4.69) is 27.5 Å². The van der Waals surface area contributed by atoms with Crippen molar-refractivity contribution in [2.24, 2.45) is 0 Å². The molecule has 4 nitrogen and oxygen atoms in total. The second-order valence-corrected chi connectivity index (χ2v) is 3.17. The second kappa shape index (κ2) is 7.41. The van der Waals surface area contributed by atoms with Crippen LogP contribution in [0.4, 0.5) is 0 Å². The van der Waals surface area contributed by atoms with E-state index in [0.29, 0.717) is 0 Å². The molecule has 1 aromatic rings. The molecule has 1 heterocycles. The fourth-order valence-corrected chi connectivity index (χ4v) is 1.13. The summed E-state index contributed by atoms with van der Waals surface area (Å²) in [6.07, 6.45) is 6.40. The number of hydrogen-bond acceptors (Lipinski definition) is 4. The summed E-state index contributed by atoms with van der Waals surface area (Å²) >= 11 is 0. The molecule has 0 saturated heterocycles. The lowest BCUT2D eigenvalue weighted by atomic mass is 10.3. The van der Waals surface area contributed by atoms with Crippen LogP contribution < -0.4 is 10.6 Å². The van der Waals surface area contributed by atoms with Crippen LogP contribution >= 0.6 is 0 Å². The number of hydrogen-bond donors (Lipinski definition) is 2. The Labute approximate surface area is 85.2 Å². The van der Waals surface area contributed by atoms with Gasteiger partial charge in [0, 0.05) is 37.6 Å². The third-order valence-electron chi connectivity index (χ3n) is 1.85. The Morgan fingerprint density at radius 2 is 1.79 bits per heavy atom. The van der Waals surface area contributed by atoms with Gasteiger partial charge in [0.15, 0.2) is 0 Å². The third kappa shape index (κ3) is 4.89. The molecule has 0 aliphatic rings. The van der Waals surface area contributed by atoms with E-state index in [1.165, 1.54) is 6.42 Å². The van der Waals surface area contributed by atoms with Crippen molar-refractivity contribution in [1.82, 2.24) is 20.6 Å². The molecule has 1 rings (SSSR count). The summed E-state index contributed by atoms with van der Waals surface area (Å²) in [5, 5.41) is 6.65. The zero-order chi connectivity index (χ0) is 10.1. The van der Waals surface area contributed by atoms with Crippen molar-refractivity contribution in [3.8, 4) is 0 Å². The first-order chi connectivity index (χ1) is 6.93. The number of nitrogens with one attached hydrogen (secondary N) is 2. The molecule has 0 bridgehead atoms. The molecule has 1 aromatic heterocycles. The molecule has 0 aromatic carbocycles. The van der Waals surface area contributed by atoms with Crippen molar-refractivity contribution in [1.29, 1.82) is 0 Å². The second-order valence-electron chi connectivity index (χ2n) is 3.17. The van der Waals surface area contributed by atoms with Gasteiger partial charge in [0.05, 0.1) is 0 Å². The Bertz CT molecular complexity index is 225. The minimum atomic E-state index is 0.842. The Hall–Kier alpha value is -1.00. The van der Waals surface area contributed by atoms with Crippen molar-refractivity contribution in [2.45, 2.75) is 19.9 Å². The average Bonchev–Trinajstić information content (AvgIpc) is 2.25.